The van der Waals surface area contributed by atoms with Gasteiger partial charge >= 0.3 is 10.1 Å². The second-order valence-electron chi connectivity index (χ2n) is 6.24. The summed E-state index contributed by atoms with van der Waals surface area (Å²) in [7, 11) is -4.00. The van der Waals surface area contributed by atoms with E-state index in [1.807, 2.05) is 18.2 Å². The second kappa shape index (κ2) is 8.43. The summed E-state index contributed by atoms with van der Waals surface area (Å²) in [5, 5.41) is 0. The number of para-hydroxylation sites is 2. The quantitative estimate of drug-likeness (QED) is 0.312. The van der Waals surface area contributed by atoms with Gasteiger partial charge in [0.15, 0.2) is 4.32 Å². The van der Waals surface area contributed by atoms with Crippen LogP contribution in [0.4, 0.5) is 5.69 Å². The minimum absolute atomic E-state index is 0.0511. The molecule has 30 heavy (non-hydrogen) atoms. The van der Waals surface area contributed by atoms with Crippen LogP contribution in [0.3, 0.4) is 0 Å². The second-order valence-corrected chi connectivity index (χ2v) is 9.46. The van der Waals surface area contributed by atoms with Gasteiger partial charge in [0.05, 0.1) is 10.6 Å². The zero-order valence-electron chi connectivity index (χ0n) is 15.5. The Morgan fingerprint density at radius 3 is 2.17 bits per heavy atom. The van der Waals surface area contributed by atoms with Crippen LogP contribution in [-0.4, -0.2) is 18.6 Å². The minimum Gasteiger partial charge on any atom is -0.378 e. The third kappa shape index (κ3) is 4.16. The zero-order valence-corrected chi connectivity index (χ0v) is 17.9. The number of carbonyl (C=O) groups is 1. The number of nitrogens with zero attached hydrogens (tertiary/aromatic N) is 1. The van der Waals surface area contributed by atoms with E-state index in [2.05, 4.69) is 0 Å². The van der Waals surface area contributed by atoms with Gasteiger partial charge in [-0.1, -0.05) is 78.6 Å². The van der Waals surface area contributed by atoms with Crippen LogP contribution >= 0.6 is 24.0 Å². The highest BCUT2D eigenvalue weighted by Gasteiger charge is 2.33. The lowest BCUT2D eigenvalue weighted by molar-refractivity contribution is -0.113. The van der Waals surface area contributed by atoms with Crippen molar-refractivity contribution in [1.82, 2.24) is 0 Å². The first-order valence-corrected chi connectivity index (χ1v) is 11.5. The Bertz CT molecular complexity index is 1240. The number of benzene rings is 3. The summed E-state index contributed by atoms with van der Waals surface area (Å²) >= 11 is 6.54. The minimum atomic E-state index is -4.00. The first-order valence-electron chi connectivity index (χ1n) is 8.87. The van der Waals surface area contributed by atoms with E-state index in [0.29, 0.717) is 20.5 Å². The van der Waals surface area contributed by atoms with Crippen molar-refractivity contribution in [2.45, 2.75) is 4.90 Å². The fraction of sp³-hybridized carbons (Fsp3) is 0. The van der Waals surface area contributed by atoms with Gasteiger partial charge in [0.1, 0.15) is 10.6 Å². The van der Waals surface area contributed by atoms with Crippen LogP contribution in [-0.2, 0) is 14.9 Å². The molecule has 1 aliphatic heterocycles. The molecule has 0 aromatic heterocycles. The van der Waals surface area contributed by atoms with Gasteiger partial charge in [-0.25, -0.2) is 0 Å². The van der Waals surface area contributed by atoms with Crippen molar-refractivity contribution in [1.29, 1.82) is 0 Å². The lowest BCUT2D eigenvalue weighted by Crippen LogP contribution is -2.27. The first kappa shape index (κ1) is 20.3. The molecule has 0 saturated carbocycles. The Kier molecular flexibility index (Phi) is 5.72. The third-order valence-electron chi connectivity index (χ3n) is 4.25. The van der Waals surface area contributed by atoms with E-state index in [1.54, 1.807) is 60.7 Å². The highest BCUT2D eigenvalue weighted by atomic mass is 32.2. The number of thiocarbonyl (C=S) groups is 1. The Labute approximate surface area is 184 Å². The molecule has 150 valence electrons. The molecule has 0 bridgehead atoms. The van der Waals surface area contributed by atoms with Crippen LogP contribution in [0.25, 0.3) is 6.08 Å². The molecular formula is C22H15NO4S3. The van der Waals surface area contributed by atoms with E-state index in [9.17, 15) is 13.2 Å². The molecule has 1 fully saturated rings. The van der Waals surface area contributed by atoms with Gasteiger partial charge in [-0.2, -0.15) is 8.42 Å². The molecule has 0 atom stereocenters. The molecule has 1 aliphatic rings. The number of rotatable bonds is 5. The number of thioether (sulfide) groups is 1. The molecule has 1 saturated heterocycles. The molecule has 0 spiro atoms. The highest BCUT2D eigenvalue weighted by molar-refractivity contribution is 8.27. The maximum absolute atomic E-state index is 12.9. The van der Waals surface area contributed by atoms with Gasteiger partial charge in [-0.3, -0.25) is 9.69 Å². The van der Waals surface area contributed by atoms with Crippen LogP contribution in [0.15, 0.2) is 94.7 Å². The number of amides is 1. The Morgan fingerprint density at radius 1 is 0.867 bits per heavy atom. The van der Waals surface area contributed by atoms with Gasteiger partial charge in [-0.05, 0) is 36.4 Å². The van der Waals surface area contributed by atoms with Gasteiger partial charge in [0.25, 0.3) is 5.91 Å². The summed E-state index contributed by atoms with van der Waals surface area (Å²) in [6.07, 6.45) is 1.60. The molecule has 0 radical (unpaired) electrons. The van der Waals surface area contributed by atoms with E-state index in [1.165, 1.54) is 17.0 Å². The summed E-state index contributed by atoms with van der Waals surface area (Å²) in [6.45, 7) is 0. The van der Waals surface area contributed by atoms with Gasteiger partial charge in [0.2, 0.25) is 0 Å². The first-order chi connectivity index (χ1) is 14.5. The van der Waals surface area contributed by atoms with Gasteiger partial charge in [-0.15, -0.1) is 0 Å². The van der Waals surface area contributed by atoms with Crippen molar-refractivity contribution >= 4 is 56.1 Å². The van der Waals surface area contributed by atoms with E-state index in [-0.39, 0.29) is 16.6 Å². The predicted molar refractivity (Wildman–Crippen MR) is 123 cm³/mol. The van der Waals surface area contributed by atoms with Crippen LogP contribution in [0.5, 0.6) is 5.75 Å². The van der Waals surface area contributed by atoms with Crippen LogP contribution in [0.1, 0.15) is 5.56 Å². The largest absolute Gasteiger partial charge is 0.378 e. The summed E-state index contributed by atoms with van der Waals surface area (Å²) in [4.78, 5) is 14.8. The molecule has 3 aromatic rings. The standard InChI is InChI=1S/C22H15NO4S3/c24-21-20(29-22(28)23(21)17-10-3-1-4-11-17)15-16-9-7-8-14-19(16)27-30(25,26)18-12-5-2-6-13-18/h1-15H. The molecule has 5 nitrogen and oxygen atoms in total. The summed E-state index contributed by atoms with van der Waals surface area (Å²) in [5.41, 5.74) is 1.14. The van der Waals surface area contributed by atoms with E-state index in [0.717, 1.165) is 11.8 Å². The molecule has 8 heteroatoms. The number of hydrogen-bond donors (Lipinski definition) is 0. The van der Waals surface area contributed by atoms with Crippen LogP contribution < -0.4 is 9.08 Å². The molecule has 1 heterocycles. The van der Waals surface area contributed by atoms with Crippen molar-refractivity contribution in [3.05, 3.63) is 95.4 Å². The van der Waals surface area contributed by atoms with Crippen LogP contribution in [0.2, 0.25) is 0 Å². The van der Waals surface area contributed by atoms with E-state index >= 15 is 0 Å². The Balaban J connectivity index is 1.66. The monoisotopic (exact) mass is 453 g/mol. The fourth-order valence-electron chi connectivity index (χ4n) is 2.84. The highest BCUT2D eigenvalue weighted by Crippen LogP contribution is 2.37. The SMILES string of the molecule is O=C1C(=Cc2ccccc2OS(=O)(=O)c2ccccc2)SC(=S)N1c1ccccc1. The average Bonchev–Trinajstić information content (AvgIpc) is 3.03. The Morgan fingerprint density at radius 2 is 1.47 bits per heavy atom. The van der Waals surface area contributed by atoms with Crippen molar-refractivity contribution in [2.24, 2.45) is 0 Å². The molecule has 0 unspecified atom stereocenters. The summed E-state index contributed by atoms with van der Waals surface area (Å²) in [6, 6.07) is 23.7. The Hall–Kier alpha value is -2.94. The molecular weight excluding hydrogens is 438 g/mol. The lowest BCUT2D eigenvalue weighted by Gasteiger charge is -2.14. The number of anilines is 1. The fourth-order valence-corrected chi connectivity index (χ4v) is 5.10. The zero-order chi connectivity index (χ0) is 21.1. The van der Waals surface area contributed by atoms with Crippen molar-refractivity contribution in [2.75, 3.05) is 4.90 Å². The van der Waals surface area contributed by atoms with E-state index < -0.39 is 10.1 Å². The number of hydrogen-bond acceptors (Lipinski definition) is 6. The molecule has 4 rings (SSSR count). The van der Waals surface area contributed by atoms with Crippen molar-refractivity contribution in [3.63, 3.8) is 0 Å². The predicted octanol–water partition coefficient (Wildman–Crippen LogP) is 4.86. The third-order valence-corrected chi connectivity index (χ3v) is 6.80. The summed E-state index contributed by atoms with van der Waals surface area (Å²) in [5.74, 6) is -0.136. The smallest absolute Gasteiger partial charge is 0.339 e. The maximum atomic E-state index is 12.9. The topological polar surface area (TPSA) is 63.7 Å². The molecule has 0 N–H and O–H groups in total. The van der Waals surface area contributed by atoms with Crippen LogP contribution in [0, 0.1) is 0 Å². The van der Waals surface area contributed by atoms with Crippen molar-refractivity contribution in [3.8, 4) is 5.75 Å². The van der Waals surface area contributed by atoms with Crippen molar-refractivity contribution < 1.29 is 17.4 Å². The summed E-state index contributed by atoms with van der Waals surface area (Å²) < 4.78 is 31.0. The normalized spacial score (nSPS) is 15.6. The van der Waals surface area contributed by atoms with Gasteiger partial charge in [0, 0.05) is 5.56 Å². The van der Waals surface area contributed by atoms with E-state index in [4.69, 9.17) is 16.4 Å². The molecule has 0 aliphatic carbocycles. The maximum Gasteiger partial charge on any atom is 0.339 e. The number of carbonyl (C=O) groups excluding carboxylic acids is 1. The molecule has 1 amide bonds. The molecule has 3 aromatic carbocycles. The van der Waals surface area contributed by atoms with Gasteiger partial charge < -0.3 is 4.18 Å². The lowest BCUT2D eigenvalue weighted by atomic mass is 10.2. The average molecular weight is 454 g/mol.